The maximum absolute atomic E-state index is 10.9. The van der Waals surface area contributed by atoms with E-state index in [9.17, 15) is 10.1 Å². The van der Waals surface area contributed by atoms with Gasteiger partial charge in [-0.1, -0.05) is 25.7 Å². The number of hydrazone groups is 1. The van der Waals surface area contributed by atoms with Crippen LogP contribution >= 0.6 is 0 Å². The molecule has 33 heavy (non-hydrogen) atoms. The molecule has 2 fully saturated rings. The van der Waals surface area contributed by atoms with E-state index in [0.717, 1.165) is 57.4 Å². The zero-order chi connectivity index (χ0) is 23.0. The minimum absolute atomic E-state index is 0.0566. The molecule has 10 heteroatoms. The smallest absolute Gasteiger partial charge is 0.269 e. The van der Waals surface area contributed by atoms with Crippen molar-refractivity contribution < 1.29 is 4.92 Å². The fourth-order valence-corrected chi connectivity index (χ4v) is 4.25. The lowest BCUT2D eigenvalue weighted by Crippen LogP contribution is -2.30. The zero-order valence-corrected chi connectivity index (χ0v) is 19.2. The first-order valence-electron chi connectivity index (χ1n) is 11.9. The molecule has 3 heterocycles. The number of nitro groups is 1. The molecule has 0 bridgehead atoms. The van der Waals surface area contributed by atoms with Crippen molar-refractivity contribution in [2.75, 3.05) is 41.4 Å². The van der Waals surface area contributed by atoms with Crippen LogP contribution in [-0.4, -0.2) is 51.8 Å². The Kier molecular flexibility index (Phi) is 7.64. The number of nitro benzene ring substituents is 1. The van der Waals surface area contributed by atoms with Gasteiger partial charge >= 0.3 is 0 Å². The molecule has 2 aliphatic rings. The van der Waals surface area contributed by atoms with Gasteiger partial charge in [-0.2, -0.15) is 20.1 Å². The third kappa shape index (κ3) is 6.15. The first kappa shape index (κ1) is 22.9. The third-order valence-electron chi connectivity index (χ3n) is 6.21. The summed E-state index contributed by atoms with van der Waals surface area (Å²) in [5, 5.41) is 15.3. The Labute approximate surface area is 194 Å². The molecular formula is C23H32N8O2. The van der Waals surface area contributed by atoms with E-state index in [1.807, 2.05) is 6.92 Å². The van der Waals surface area contributed by atoms with Gasteiger partial charge in [-0.25, -0.2) is 5.43 Å². The van der Waals surface area contributed by atoms with Gasteiger partial charge in [0.25, 0.3) is 5.69 Å². The number of aromatic nitrogens is 3. The van der Waals surface area contributed by atoms with Gasteiger partial charge in [0.15, 0.2) is 0 Å². The Morgan fingerprint density at radius 3 is 1.79 bits per heavy atom. The molecule has 0 aliphatic carbocycles. The molecule has 0 unspecified atom stereocenters. The first-order valence-corrected chi connectivity index (χ1v) is 11.9. The summed E-state index contributed by atoms with van der Waals surface area (Å²) in [6.07, 6.45) is 9.54. The monoisotopic (exact) mass is 452 g/mol. The van der Waals surface area contributed by atoms with Crippen LogP contribution in [0, 0.1) is 10.1 Å². The summed E-state index contributed by atoms with van der Waals surface area (Å²) in [4.78, 5) is 29.2. The number of rotatable bonds is 6. The third-order valence-corrected chi connectivity index (χ3v) is 6.21. The average Bonchev–Trinajstić information content (AvgIpc) is 3.28. The lowest BCUT2D eigenvalue weighted by molar-refractivity contribution is -0.384. The van der Waals surface area contributed by atoms with Crippen LogP contribution in [0.2, 0.25) is 0 Å². The molecule has 2 saturated heterocycles. The van der Waals surface area contributed by atoms with E-state index in [1.54, 1.807) is 12.1 Å². The van der Waals surface area contributed by atoms with Crippen molar-refractivity contribution >= 4 is 29.2 Å². The lowest BCUT2D eigenvalue weighted by Gasteiger charge is -2.24. The lowest BCUT2D eigenvalue weighted by atomic mass is 10.1. The van der Waals surface area contributed by atoms with E-state index < -0.39 is 4.92 Å². The Morgan fingerprint density at radius 2 is 1.33 bits per heavy atom. The van der Waals surface area contributed by atoms with Crippen LogP contribution in [0.5, 0.6) is 0 Å². The first-order chi connectivity index (χ1) is 16.1. The number of anilines is 3. The number of nitrogens with one attached hydrogen (secondary N) is 1. The topological polar surface area (TPSA) is 113 Å². The van der Waals surface area contributed by atoms with Gasteiger partial charge in [0.2, 0.25) is 17.8 Å². The minimum Gasteiger partial charge on any atom is -0.341 e. The number of non-ortho nitro benzene ring substituents is 1. The highest BCUT2D eigenvalue weighted by molar-refractivity contribution is 5.99. The normalized spacial score (nSPS) is 17.9. The van der Waals surface area contributed by atoms with Crippen molar-refractivity contribution in [2.24, 2.45) is 5.10 Å². The molecule has 4 rings (SSSR count). The average molecular weight is 453 g/mol. The van der Waals surface area contributed by atoms with Gasteiger partial charge in [0, 0.05) is 38.3 Å². The van der Waals surface area contributed by atoms with E-state index in [4.69, 9.17) is 4.98 Å². The quantitative estimate of drug-likeness (QED) is 0.390. The highest BCUT2D eigenvalue weighted by Gasteiger charge is 2.19. The maximum atomic E-state index is 10.9. The van der Waals surface area contributed by atoms with E-state index >= 15 is 0 Å². The number of hydrogen-bond donors (Lipinski definition) is 1. The molecular weight excluding hydrogens is 420 g/mol. The predicted molar refractivity (Wildman–Crippen MR) is 130 cm³/mol. The van der Waals surface area contributed by atoms with Crippen LogP contribution < -0.4 is 15.2 Å². The maximum Gasteiger partial charge on any atom is 0.269 e. The summed E-state index contributed by atoms with van der Waals surface area (Å²) in [6, 6.07) is 6.34. The molecule has 0 saturated carbocycles. The predicted octanol–water partition coefficient (Wildman–Crippen LogP) is 4.38. The summed E-state index contributed by atoms with van der Waals surface area (Å²) < 4.78 is 0. The molecule has 176 valence electrons. The Bertz CT molecular complexity index is 925. The van der Waals surface area contributed by atoms with Crippen LogP contribution in [-0.2, 0) is 0 Å². The summed E-state index contributed by atoms with van der Waals surface area (Å²) in [7, 11) is 0. The number of hydrogen-bond acceptors (Lipinski definition) is 9. The summed E-state index contributed by atoms with van der Waals surface area (Å²) >= 11 is 0. The molecule has 10 nitrogen and oxygen atoms in total. The zero-order valence-electron chi connectivity index (χ0n) is 19.2. The molecule has 2 aliphatic heterocycles. The van der Waals surface area contributed by atoms with Crippen LogP contribution in [0.15, 0.2) is 29.4 Å². The summed E-state index contributed by atoms with van der Waals surface area (Å²) in [6.45, 7) is 5.66. The SMILES string of the molecule is C/C(=N/Nc1nc(N2CCCCCC2)nc(N2CCCCCC2)n1)c1ccc([N+](=O)[O-])cc1. The van der Waals surface area contributed by atoms with E-state index in [0.29, 0.717) is 23.6 Å². The van der Waals surface area contributed by atoms with Crippen molar-refractivity contribution in [1.29, 1.82) is 0 Å². The van der Waals surface area contributed by atoms with Gasteiger partial charge < -0.3 is 9.80 Å². The summed E-state index contributed by atoms with van der Waals surface area (Å²) in [5.41, 5.74) is 4.55. The van der Waals surface area contributed by atoms with Gasteiger partial charge in [-0.15, -0.1) is 0 Å². The van der Waals surface area contributed by atoms with Crippen LogP contribution in [0.25, 0.3) is 0 Å². The van der Waals surface area contributed by atoms with E-state index in [1.165, 1.54) is 37.8 Å². The molecule has 1 aromatic heterocycles. The second-order valence-corrected chi connectivity index (χ2v) is 8.67. The van der Waals surface area contributed by atoms with Crippen molar-refractivity contribution in [3.63, 3.8) is 0 Å². The molecule has 0 radical (unpaired) electrons. The molecule has 1 aromatic carbocycles. The highest BCUT2D eigenvalue weighted by atomic mass is 16.6. The molecule has 1 N–H and O–H groups in total. The number of benzene rings is 1. The van der Waals surface area contributed by atoms with Gasteiger partial charge in [0.05, 0.1) is 10.6 Å². The van der Waals surface area contributed by atoms with Gasteiger partial charge in [-0.05, 0) is 50.3 Å². The van der Waals surface area contributed by atoms with Crippen molar-refractivity contribution in [1.82, 2.24) is 15.0 Å². The minimum atomic E-state index is -0.409. The second kappa shape index (κ2) is 11.0. The van der Waals surface area contributed by atoms with E-state index in [2.05, 4.69) is 30.3 Å². The molecule has 0 spiro atoms. The number of nitrogens with zero attached hydrogens (tertiary/aromatic N) is 7. The molecule has 2 aromatic rings. The second-order valence-electron chi connectivity index (χ2n) is 8.67. The fourth-order valence-electron chi connectivity index (χ4n) is 4.25. The molecule has 0 atom stereocenters. The standard InChI is InChI=1S/C23H32N8O2/c1-18(19-10-12-20(13-11-19)31(32)33)27-28-21-24-22(29-14-6-2-3-7-15-29)26-23(25-21)30-16-8-4-5-9-17-30/h10-13H,2-9,14-17H2,1H3,(H,24,25,26,28)/b27-18-. The van der Waals surface area contributed by atoms with Crippen LogP contribution in [0.4, 0.5) is 23.5 Å². The van der Waals surface area contributed by atoms with Crippen molar-refractivity contribution in [3.8, 4) is 0 Å². The van der Waals surface area contributed by atoms with Gasteiger partial charge in [0.1, 0.15) is 0 Å². The molecule has 0 amide bonds. The Hall–Kier alpha value is -3.30. The Balaban J connectivity index is 1.58. The largest absolute Gasteiger partial charge is 0.341 e. The summed E-state index contributed by atoms with van der Waals surface area (Å²) in [5.74, 6) is 1.83. The van der Waals surface area contributed by atoms with Gasteiger partial charge in [-0.3, -0.25) is 10.1 Å². The van der Waals surface area contributed by atoms with Crippen LogP contribution in [0.1, 0.15) is 63.9 Å². The van der Waals surface area contributed by atoms with Crippen molar-refractivity contribution in [3.05, 3.63) is 39.9 Å². The van der Waals surface area contributed by atoms with E-state index in [-0.39, 0.29) is 5.69 Å². The van der Waals surface area contributed by atoms with Crippen LogP contribution in [0.3, 0.4) is 0 Å². The highest BCUT2D eigenvalue weighted by Crippen LogP contribution is 2.22. The fraction of sp³-hybridized carbons (Fsp3) is 0.565. The Morgan fingerprint density at radius 1 is 0.848 bits per heavy atom. The van der Waals surface area contributed by atoms with Crippen molar-refractivity contribution in [2.45, 2.75) is 58.3 Å².